The number of aromatic nitrogens is 2. The van der Waals surface area contributed by atoms with Crippen molar-refractivity contribution in [3.8, 4) is 11.4 Å². The lowest BCUT2D eigenvalue weighted by atomic mass is 9.94. The Morgan fingerprint density at radius 2 is 1.59 bits per heavy atom. The van der Waals surface area contributed by atoms with Gasteiger partial charge in [0.2, 0.25) is 5.91 Å². The molecule has 1 aromatic heterocycles. The van der Waals surface area contributed by atoms with Crippen LogP contribution in [0.25, 0.3) is 11.4 Å². The summed E-state index contributed by atoms with van der Waals surface area (Å²) < 4.78 is 0. The van der Waals surface area contributed by atoms with Crippen LogP contribution in [0.15, 0.2) is 60.7 Å². The summed E-state index contributed by atoms with van der Waals surface area (Å²) in [6.07, 6.45) is 2.69. The van der Waals surface area contributed by atoms with Gasteiger partial charge in [0, 0.05) is 69.9 Å². The molecule has 2 unspecified atom stereocenters. The number of amides is 2. The van der Waals surface area contributed by atoms with E-state index >= 15 is 0 Å². The standard InChI is InChI=1S/C32H38N6O3/c1-22(39)36-16-12-26(13-17-36)33-30-19-27(34-31(35-30)24-8-3-2-4-9-24)32(41)38-18-14-28(29(40)21-38)37-15-11-23-7-5-6-10-25(23)20-37/h2-10,19,26,28-29,40H,11-18,20-21H2,1H3,(H,33,34,35). The second-order valence-electron chi connectivity index (χ2n) is 11.4. The number of aliphatic hydroxyl groups is 1. The van der Waals surface area contributed by atoms with Gasteiger partial charge in [-0.25, -0.2) is 9.97 Å². The highest BCUT2D eigenvalue weighted by Crippen LogP contribution is 2.27. The SMILES string of the molecule is CC(=O)N1CCC(Nc2cc(C(=O)N3CCC(N4CCc5ccccc5C4)C(O)C3)nc(-c3ccccc3)n2)CC1. The summed E-state index contributed by atoms with van der Waals surface area (Å²) in [5.74, 6) is 0.995. The van der Waals surface area contributed by atoms with E-state index in [-0.39, 0.29) is 30.4 Å². The number of nitrogens with one attached hydrogen (secondary N) is 1. The zero-order valence-corrected chi connectivity index (χ0v) is 23.6. The van der Waals surface area contributed by atoms with Gasteiger partial charge in [0.05, 0.1) is 6.10 Å². The van der Waals surface area contributed by atoms with Crippen molar-refractivity contribution in [2.75, 3.05) is 38.0 Å². The number of likely N-dealkylation sites (tertiary alicyclic amines) is 2. The number of nitrogens with zero attached hydrogens (tertiary/aromatic N) is 5. The Morgan fingerprint density at radius 1 is 0.878 bits per heavy atom. The molecule has 2 aromatic carbocycles. The minimum absolute atomic E-state index is 0.0239. The molecular formula is C32H38N6O3. The molecular weight excluding hydrogens is 516 g/mol. The van der Waals surface area contributed by atoms with Gasteiger partial charge in [0.1, 0.15) is 11.5 Å². The van der Waals surface area contributed by atoms with E-state index in [0.717, 1.165) is 37.9 Å². The number of piperidine rings is 2. The molecule has 3 aliphatic heterocycles. The first-order valence-electron chi connectivity index (χ1n) is 14.7. The van der Waals surface area contributed by atoms with Gasteiger partial charge in [0.15, 0.2) is 5.82 Å². The molecule has 3 aliphatic rings. The molecule has 2 N–H and O–H groups in total. The smallest absolute Gasteiger partial charge is 0.272 e. The summed E-state index contributed by atoms with van der Waals surface area (Å²) in [6.45, 7) is 5.59. The lowest BCUT2D eigenvalue weighted by Gasteiger charge is -2.43. The van der Waals surface area contributed by atoms with Gasteiger partial charge < -0.3 is 20.2 Å². The van der Waals surface area contributed by atoms with Crippen molar-refractivity contribution in [2.24, 2.45) is 0 Å². The molecule has 0 spiro atoms. The van der Waals surface area contributed by atoms with Crippen LogP contribution in [0.2, 0.25) is 0 Å². The van der Waals surface area contributed by atoms with Crippen LogP contribution in [0.4, 0.5) is 5.82 Å². The van der Waals surface area contributed by atoms with Crippen molar-refractivity contribution in [1.29, 1.82) is 0 Å². The summed E-state index contributed by atoms with van der Waals surface area (Å²) in [5.41, 5.74) is 3.87. The Bertz CT molecular complexity index is 1390. The number of β-amino-alcohol motifs (C(OH)–C–C–N with tert-alkyl or cyclic N) is 1. The molecule has 0 bridgehead atoms. The second kappa shape index (κ2) is 12.0. The molecule has 2 saturated heterocycles. The van der Waals surface area contributed by atoms with Gasteiger partial charge >= 0.3 is 0 Å². The van der Waals surface area contributed by atoms with Crippen LogP contribution in [-0.4, -0.2) is 92.5 Å². The third kappa shape index (κ3) is 6.11. The number of hydrogen-bond acceptors (Lipinski definition) is 7. The molecule has 9 heteroatoms. The summed E-state index contributed by atoms with van der Waals surface area (Å²) in [5, 5.41) is 14.7. The number of carbonyl (C=O) groups excluding carboxylic acids is 2. The number of fused-ring (bicyclic) bond motifs is 1. The molecule has 214 valence electrons. The van der Waals surface area contributed by atoms with Crippen LogP contribution < -0.4 is 5.32 Å². The molecule has 0 aliphatic carbocycles. The molecule has 2 atom stereocenters. The quantitative estimate of drug-likeness (QED) is 0.500. The zero-order valence-electron chi connectivity index (χ0n) is 23.6. The third-order valence-electron chi connectivity index (χ3n) is 8.73. The van der Waals surface area contributed by atoms with Gasteiger partial charge in [-0.3, -0.25) is 14.5 Å². The Kier molecular flexibility index (Phi) is 7.98. The average molecular weight is 555 g/mol. The summed E-state index contributed by atoms with van der Waals surface area (Å²) >= 11 is 0. The van der Waals surface area contributed by atoms with Crippen molar-refractivity contribution in [3.63, 3.8) is 0 Å². The first-order chi connectivity index (χ1) is 19.9. The number of aliphatic hydroxyl groups excluding tert-OH is 1. The van der Waals surface area contributed by atoms with E-state index in [9.17, 15) is 14.7 Å². The highest BCUT2D eigenvalue weighted by atomic mass is 16.3. The molecule has 2 fully saturated rings. The number of benzene rings is 2. The van der Waals surface area contributed by atoms with E-state index in [1.807, 2.05) is 35.2 Å². The van der Waals surface area contributed by atoms with E-state index in [2.05, 4.69) is 39.5 Å². The van der Waals surface area contributed by atoms with Gasteiger partial charge in [-0.2, -0.15) is 0 Å². The van der Waals surface area contributed by atoms with Gasteiger partial charge in [0.25, 0.3) is 5.91 Å². The first kappa shape index (κ1) is 27.4. The van der Waals surface area contributed by atoms with Crippen LogP contribution in [0.5, 0.6) is 0 Å². The predicted molar refractivity (Wildman–Crippen MR) is 157 cm³/mol. The third-order valence-corrected chi connectivity index (χ3v) is 8.73. The van der Waals surface area contributed by atoms with Gasteiger partial charge in [-0.15, -0.1) is 0 Å². The van der Waals surface area contributed by atoms with Crippen molar-refractivity contribution >= 4 is 17.6 Å². The fourth-order valence-electron chi connectivity index (χ4n) is 6.39. The maximum absolute atomic E-state index is 13.8. The van der Waals surface area contributed by atoms with E-state index in [1.165, 1.54) is 11.1 Å². The number of carbonyl (C=O) groups is 2. The molecule has 3 aromatic rings. The van der Waals surface area contributed by atoms with Crippen LogP contribution >= 0.6 is 0 Å². The topological polar surface area (TPSA) is 102 Å². The molecule has 0 radical (unpaired) electrons. The van der Waals surface area contributed by atoms with E-state index < -0.39 is 6.10 Å². The minimum Gasteiger partial charge on any atom is -0.390 e. The molecule has 0 saturated carbocycles. The molecule has 41 heavy (non-hydrogen) atoms. The number of rotatable bonds is 5. The largest absolute Gasteiger partial charge is 0.390 e. The maximum atomic E-state index is 13.8. The predicted octanol–water partition coefficient (Wildman–Crippen LogP) is 3.20. The first-order valence-corrected chi connectivity index (χ1v) is 14.7. The summed E-state index contributed by atoms with van der Waals surface area (Å²) in [6, 6.07) is 20.1. The Morgan fingerprint density at radius 3 is 2.32 bits per heavy atom. The fraction of sp³-hybridized carbons (Fsp3) is 0.438. The van der Waals surface area contributed by atoms with E-state index in [1.54, 1.807) is 17.9 Å². The number of anilines is 1. The maximum Gasteiger partial charge on any atom is 0.272 e. The molecule has 2 amide bonds. The second-order valence-corrected chi connectivity index (χ2v) is 11.4. The summed E-state index contributed by atoms with van der Waals surface area (Å²) in [4.78, 5) is 40.9. The molecule has 4 heterocycles. The fourth-order valence-corrected chi connectivity index (χ4v) is 6.39. The Hall–Kier alpha value is -3.82. The molecule has 6 rings (SSSR count). The molecule has 9 nitrogen and oxygen atoms in total. The van der Waals surface area contributed by atoms with E-state index in [0.29, 0.717) is 43.4 Å². The Labute approximate surface area is 241 Å². The minimum atomic E-state index is -0.627. The summed E-state index contributed by atoms with van der Waals surface area (Å²) in [7, 11) is 0. The van der Waals surface area contributed by atoms with Crippen molar-refractivity contribution in [3.05, 3.63) is 77.5 Å². The zero-order chi connectivity index (χ0) is 28.3. The van der Waals surface area contributed by atoms with Crippen LogP contribution in [0, 0.1) is 0 Å². The van der Waals surface area contributed by atoms with Crippen LogP contribution in [0.1, 0.15) is 47.8 Å². The Balaban J connectivity index is 1.17. The van der Waals surface area contributed by atoms with Crippen LogP contribution in [0.3, 0.4) is 0 Å². The number of hydrogen-bond donors (Lipinski definition) is 2. The monoisotopic (exact) mass is 554 g/mol. The van der Waals surface area contributed by atoms with Crippen molar-refractivity contribution < 1.29 is 14.7 Å². The lowest BCUT2D eigenvalue weighted by Crippen LogP contribution is -2.56. The normalized spacial score (nSPS) is 21.8. The lowest BCUT2D eigenvalue weighted by molar-refractivity contribution is -0.129. The highest BCUT2D eigenvalue weighted by Gasteiger charge is 2.36. The van der Waals surface area contributed by atoms with Crippen molar-refractivity contribution in [1.82, 2.24) is 24.7 Å². The van der Waals surface area contributed by atoms with E-state index in [4.69, 9.17) is 4.98 Å². The average Bonchev–Trinajstić information content (AvgIpc) is 3.01. The highest BCUT2D eigenvalue weighted by molar-refractivity contribution is 5.93. The van der Waals surface area contributed by atoms with Crippen molar-refractivity contribution in [2.45, 2.75) is 57.3 Å². The van der Waals surface area contributed by atoms with Gasteiger partial charge in [-0.1, -0.05) is 54.6 Å². The van der Waals surface area contributed by atoms with Crippen LogP contribution in [-0.2, 0) is 17.8 Å². The van der Waals surface area contributed by atoms with Gasteiger partial charge in [-0.05, 0) is 36.8 Å².